The van der Waals surface area contributed by atoms with Crippen LogP contribution in [-0.2, 0) is 0 Å². The third-order valence-electron chi connectivity index (χ3n) is 7.68. The van der Waals surface area contributed by atoms with E-state index in [1.807, 2.05) is 0 Å². The van der Waals surface area contributed by atoms with Gasteiger partial charge >= 0.3 is 0 Å². The average molecular weight is 485 g/mol. The van der Waals surface area contributed by atoms with E-state index >= 15 is 0 Å². The molecule has 180 valence electrons. The van der Waals surface area contributed by atoms with E-state index in [0.717, 1.165) is 0 Å². The lowest BCUT2D eigenvalue weighted by atomic mass is 9.82. The van der Waals surface area contributed by atoms with Crippen LogP contribution >= 0.6 is 0 Å². The highest BCUT2D eigenvalue weighted by Crippen LogP contribution is 2.47. The number of fused-ring (bicyclic) bond motifs is 3. The fraction of sp³-hybridized carbons (Fsp3) is 0.0526. The lowest BCUT2D eigenvalue weighted by molar-refractivity contribution is 1.39. The summed E-state index contributed by atoms with van der Waals surface area (Å²) in [5.41, 5.74) is 10.2. The van der Waals surface area contributed by atoms with Gasteiger partial charge in [0.15, 0.2) is 0 Å². The van der Waals surface area contributed by atoms with Gasteiger partial charge < -0.3 is 0 Å². The molecule has 0 unspecified atom stereocenters. The highest BCUT2D eigenvalue weighted by molar-refractivity contribution is 6.23. The second-order valence-corrected chi connectivity index (χ2v) is 10.3. The Kier molecular flexibility index (Phi) is 5.34. The first-order valence-electron chi connectivity index (χ1n) is 13.3. The third kappa shape index (κ3) is 3.69. The average Bonchev–Trinajstić information content (AvgIpc) is 2.95. The molecule has 38 heavy (non-hydrogen) atoms. The number of benzene rings is 7. The molecule has 0 saturated carbocycles. The number of aryl methyl sites for hydroxylation is 2. The second kappa shape index (κ2) is 9.01. The molecular weight excluding hydrogens is 456 g/mol. The highest BCUT2D eigenvalue weighted by atomic mass is 14.2. The summed E-state index contributed by atoms with van der Waals surface area (Å²) in [7, 11) is 0. The van der Waals surface area contributed by atoms with Gasteiger partial charge in [-0.25, -0.2) is 0 Å². The van der Waals surface area contributed by atoms with Crippen LogP contribution in [0.1, 0.15) is 11.1 Å². The normalized spacial score (nSPS) is 11.4. The fourth-order valence-corrected chi connectivity index (χ4v) is 6.15. The van der Waals surface area contributed by atoms with Gasteiger partial charge in [-0.3, -0.25) is 0 Å². The van der Waals surface area contributed by atoms with E-state index in [9.17, 15) is 0 Å². The Bertz CT molecular complexity index is 1900. The van der Waals surface area contributed by atoms with Gasteiger partial charge in [0.2, 0.25) is 0 Å². The zero-order valence-corrected chi connectivity index (χ0v) is 21.7. The molecule has 0 aromatic heterocycles. The van der Waals surface area contributed by atoms with Crippen molar-refractivity contribution in [1.29, 1.82) is 0 Å². The zero-order chi connectivity index (χ0) is 25.6. The molecule has 0 aliphatic carbocycles. The standard InChI is InChI=1S/C38H28/c1-25-20-26(2)22-30(21-25)37-31-16-8-10-18-33(31)38(34-19-11-9-17-32(34)37)36-24-29-15-7-6-14-28(29)23-35(36)27-12-4-3-5-13-27/h3-24H,1-2H3. The molecule has 0 nitrogen and oxygen atoms in total. The maximum absolute atomic E-state index is 2.39. The number of hydrogen-bond donors (Lipinski definition) is 0. The van der Waals surface area contributed by atoms with Crippen LogP contribution in [0, 0.1) is 13.8 Å². The van der Waals surface area contributed by atoms with Crippen LogP contribution in [0.2, 0.25) is 0 Å². The Morgan fingerprint density at radius 2 is 0.789 bits per heavy atom. The van der Waals surface area contributed by atoms with E-state index in [2.05, 4.69) is 147 Å². The summed E-state index contributed by atoms with van der Waals surface area (Å²) < 4.78 is 0. The van der Waals surface area contributed by atoms with Crippen molar-refractivity contribution in [3.8, 4) is 33.4 Å². The first-order valence-corrected chi connectivity index (χ1v) is 13.3. The number of rotatable bonds is 3. The maximum atomic E-state index is 2.39. The van der Waals surface area contributed by atoms with Gasteiger partial charge in [0, 0.05) is 0 Å². The van der Waals surface area contributed by atoms with E-state index in [1.54, 1.807) is 0 Å². The summed E-state index contributed by atoms with van der Waals surface area (Å²) in [5.74, 6) is 0. The van der Waals surface area contributed by atoms with Gasteiger partial charge in [0.25, 0.3) is 0 Å². The summed E-state index contributed by atoms with van der Waals surface area (Å²) in [6, 6.07) is 49.0. The van der Waals surface area contributed by atoms with Crippen molar-refractivity contribution in [2.75, 3.05) is 0 Å². The summed E-state index contributed by atoms with van der Waals surface area (Å²) in [6.07, 6.45) is 0. The Morgan fingerprint density at radius 3 is 1.34 bits per heavy atom. The Hall–Kier alpha value is -4.68. The van der Waals surface area contributed by atoms with Gasteiger partial charge in [-0.15, -0.1) is 0 Å². The molecule has 0 heteroatoms. The van der Waals surface area contributed by atoms with Crippen LogP contribution in [-0.4, -0.2) is 0 Å². The summed E-state index contributed by atoms with van der Waals surface area (Å²) in [4.78, 5) is 0. The van der Waals surface area contributed by atoms with E-state index in [4.69, 9.17) is 0 Å². The minimum atomic E-state index is 1.24. The van der Waals surface area contributed by atoms with Crippen molar-refractivity contribution in [2.45, 2.75) is 13.8 Å². The molecule has 0 fully saturated rings. The summed E-state index contributed by atoms with van der Waals surface area (Å²) in [6.45, 7) is 4.38. The molecule has 0 saturated heterocycles. The van der Waals surface area contributed by atoms with Gasteiger partial charge in [0.05, 0.1) is 0 Å². The molecule has 7 rings (SSSR count). The largest absolute Gasteiger partial charge is 0.0622 e. The van der Waals surface area contributed by atoms with E-state index in [-0.39, 0.29) is 0 Å². The van der Waals surface area contributed by atoms with Crippen LogP contribution in [0.5, 0.6) is 0 Å². The molecule has 0 radical (unpaired) electrons. The van der Waals surface area contributed by atoms with Crippen LogP contribution in [0.3, 0.4) is 0 Å². The molecular formula is C38H28. The van der Waals surface area contributed by atoms with Crippen molar-refractivity contribution in [3.63, 3.8) is 0 Å². The van der Waals surface area contributed by atoms with Crippen molar-refractivity contribution < 1.29 is 0 Å². The molecule has 0 heterocycles. The fourth-order valence-electron chi connectivity index (χ4n) is 6.15. The SMILES string of the molecule is Cc1cc(C)cc(-c2c3ccccc3c(-c3cc4ccccc4cc3-c3ccccc3)c3ccccc23)c1. The van der Waals surface area contributed by atoms with Gasteiger partial charge in [-0.2, -0.15) is 0 Å². The van der Waals surface area contributed by atoms with Gasteiger partial charge in [-0.05, 0) is 91.7 Å². The van der Waals surface area contributed by atoms with E-state index in [0.29, 0.717) is 0 Å². The van der Waals surface area contributed by atoms with Gasteiger partial charge in [-0.1, -0.05) is 132 Å². The Balaban J connectivity index is 1.67. The zero-order valence-electron chi connectivity index (χ0n) is 21.7. The lowest BCUT2D eigenvalue weighted by Crippen LogP contribution is -1.94. The van der Waals surface area contributed by atoms with Crippen molar-refractivity contribution >= 4 is 32.3 Å². The first-order chi connectivity index (χ1) is 18.7. The monoisotopic (exact) mass is 484 g/mol. The van der Waals surface area contributed by atoms with Crippen LogP contribution in [0.25, 0.3) is 65.7 Å². The molecule has 0 aliphatic heterocycles. The van der Waals surface area contributed by atoms with Crippen LogP contribution in [0.4, 0.5) is 0 Å². The van der Waals surface area contributed by atoms with Gasteiger partial charge in [0.1, 0.15) is 0 Å². The molecule has 0 atom stereocenters. The Morgan fingerprint density at radius 1 is 0.342 bits per heavy atom. The quantitative estimate of drug-likeness (QED) is 0.219. The smallest absolute Gasteiger partial charge is 0.00199 e. The molecule has 0 bridgehead atoms. The lowest BCUT2D eigenvalue weighted by Gasteiger charge is -2.20. The third-order valence-corrected chi connectivity index (χ3v) is 7.68. The topological polar surface area (TPSA) is 0 Å². The predicted molar refractivity (Wildman–Crippen MR) is 165 cm³/mol. The van der Waals surface area contributed by atoms with Crippen LogP contribution < -0.4 is 0 Å². The van der Waals surface area contributed by atoms with Crippen molar-refractivity contribution in [2.24, 2.45) is 0 Å². The van der Waals surface area contributed by atoms with Crippen molar-refractivity contribution in [3.05, 3.63) is 145 Å². The number of hydrogen-bond acceptors (Lipinski definition) is 0. The van der Waals surface area contributed by atoms with E-state index < -0.39 is 0 Å². The predicted octanol–water partition coefficient (Wildman–Crippen LogP) is 10.8. The molecule has 7 aromatic carbocycles. The summed E-state index contributed by atoms with van der Waals surface area (Å²) >= 11 is 0. The minimum Gasteiger partial charge on any atom is -0.0622 e. The van der Waals surface area contributed by atoms with E-state index in [1.165, 1.54) is 76.8 Å². The summed E-state index contributed by atoms with van der Waals surface area (Å²) in [5, 5.41) is 7.67. The minimum absolute atomic E-state index is 1.24. The van der Waals surface area contributed by atoms with Crippen LogP contribution in [0.15, 0.2) is 133 Å². The molecule has 0 amide bonds. The molecule has 0 aliphatic rings. The maximum Gasteiger partial charge on any atom is -0.00199 e. The molecule has 0 N–H and O–H groups in total. The molecule has 0 spiro atoms. The highest BCUT2D eigenvalue weighted by Gasteiger charge is 2.19. The molecule has 7 aromatic rings. The Labute approximate surface area is 223 Å². The first kappa shape index (κ1) is 22.5. The van der Waals surface area contributed by atoms with Crippen molar-refractivity contribution in [1.82, 2.24) is 0 Å². The second-order valence-electron chi connectivity index (χ2n) is 10.3.